The second kappa shape index (κ2) is 6.13. The van der Waals surface area contributed by atoms with Crippen molar-refractivity contribution in [3.63, 3.8) is 0 Å². The highest BCUT2D eigenvalue weighted by molar-refractivity contribution is 9.10. The molecule has 1 aromatic carbocycles. The first-order valence-electron chi connectivity index (χ1n) is 5.97. The van der Waals surface area contributed by atoms with Crippen molar-refractivity contribution in [3.8, 4) is 5.75 Å². The Morgan fingerprint density at radius 1 is 1.32 bits per heavy atom. The Kier molecular flexibility index (Phi) is 5.26. The summed E-state index contributed by atoms with van der Waals surface area (Å²) >= 11 is 3.41. The fourth-order valence-electron chi connectivity index (χ4n) is 1.39. The van der Waals surface area contributed by atoms with E-state index < -0.39 is 14.6 Å². The van der Waals surface area contributed by atoms with Gasteiger partial charge < -0.3 is 10.1 Å². The Hall–Kier alpha value is -0.750. The van der Waals surface area contributed by atoms with E-state index in [1.165, 1.54) is 0 Å². The molecule has 0 radical (unpaired) electrons. The highest BCUT2D eigenvalue weighted by Crippen LogP contribution is 2.27. The highest BCUT2D eigenvalue weighted by Gasteiger charge is 2.28. The van der Waals surface area contributed by atoms with Crippen LogP contribution in [0.15, 0.2) is 22.7 Å². The van der Waals surface area contributed by atoms with Gasteiger partial charge in [-0.2, -0.15) is 0 Å². The number of nitrogens with one attached hydrogen (secondary N) is 1. The molecule has 0 saturated carbocycles. The van der Waals surface area contributed by atoms with Crippen molar-refractivity contribution in [1.29, 1.82) is 0 Å². The number of hydrogen-bond acceptors (Lipinski definition) is 4. The smallest absolute Gasteiger partial charge is 0.156 e. The molecule has 0 fully saturated rings. The van der Waals surface area contributed by atoms with E-state index in [2.05, 4.69) is 21.2 Å². The van der Waals surface area contributed by atoms with Crippen molar-refractivity contribution >= 4 is 31.5 Å². The molecule has 19 heavy (non-hydrogen) atoms. The summed E-state index contributed by atoms with van der Waals surface area (Å²) < 4.78 is 29.2. The van der Waals surface area contributed by atoms with E-state index in [1.807, 2.05) is 18.2 Å². The Morgan fingerprint density at radius 3 is 2.47 bits per heavy atom. The monoisotopic (exact) mass is 349 g/mol. The molecule has 0 aromatic heterocycles. The van der Waals surface area contributed by atoms with Crippen molar-refractivity contribution in [1.82, 2.24) is 0 Å². The Balaban J connectivity index is 2.69. The number of halogens is 1. The zero-order valence-corrected chi connectivity index (χ0v) is 14.1. The predicted molar refractivity (Wildman–Crippen MR) is 82.7 cm³/mol. The molecule has 0 heterocycles. The van der Waals surface area contributed by atoms with Crippen LogP contribution in [0.4, 0.5) is 5.69 Å². The van der Waals surface area contributed by atoms with Gasteiger partial charge in [-0.25, -0.2) is 8.42 Å². The molecule has 0 saturated heterocycles. The summed E-state index contributed by atoms with van der Waals surface area (Å²) in [6, 6.07) is 5.52. The minimum absolute atomic E-state index is 0.0974. The van der Waals surface area contributed by atoms with Gasteiger partial charge in [0.2, 0.25) is 0 Å². The topological polar surface area (TPSA) is 55.4 Å². The SMILES string of the molecule is COc1ccc(Br)c(NCCS(=O)(=O)C(C)(C)C)c1. The Morgan fingerprint density at radius 2 is 1.95 bits per heavy atom. The molecule has 6 heteroatoms. The lowest BCUT2D eigenvalue weighted by Gasteiger charge is -2.19. The molecule has 0 aliphatic heterocycles. The third-order valence-electron chi connectivity index (χ3n) is 2.79. The molecule has 1 aromatic rings. The summed E-state index contributed by atoms with van der Waals surface area (Å²) in [6.07, 6.45) is 0. The molecule has 108 valence electrons. The van der Waals surface area contributed by atoms with Crippen molar-refractivity contribution in [2.45, 2.75) is 25.5 Å². The summed E-state index contributed by atoms with van der Waals surface area (Å²) in [6.45, 7) is 5.50. The molecule has 0 spiro atoms. The molecule has 1 N–H and O–H groups in total. The fourth-order valence-corrected chi connectivity index (χ4v) is 2.76. The molecule has 0 aliphatic rings. The van der Waals surface area contributed by atoms with Gasteiger partial charge in [0.05, 0.1) is 23.3 Å². The van der Waals surface area contributed by atoms with Crippen LogP contribution in [0.2, 0.25) is 0 Å². The Labute approximate surface area is 123 Å². The standard InChI is InChI=1S/C13H20BrNO3S/c1-13(2,3)19(16,17)8-7-15-12-9-10(18-4)5-6-11(12)14/h5-6,9,15H,7-8H2,1-4H3. The molecular weight excluding hydrogens is 330 g/mol. The number of ether oxygens (including phenoxy) is 1. The van der Waals surface area contributed by atoms with Crippen LogP contribution in [-0.2, 0) is 9.84 Å². The van der Waals surface area contributed by atoms with Gasteiger partial charge in [0.25, 0.3) is 0 Å². The summed E-state index contributed by atoms with van der Waals surface area (Å²) in [5.74, 6) is 0.824. The number of rotatable bonds is 5. The molecule has 0 unspecified atom stereocenters. The zero-order chi connectivity index (χ0) is 14.7. The molecule has 4 nitrogen and oxygen atoms in total. The third kappa shape index (κ3) is 4.38. The minimum atomic E-state index is -3.11. The number of benzene rings is 1. The molecule has 0 bridgehead atoms. The van der Waals surface area contributed by atoms with Crippen LogP contribution in [0.3, 0.4) is 0 Å². The molecule has 0 amide bonds. The maximum absolute atomic E-state index is 12.0. The second-order valence-corrected chi connectivity index (χ2v) is 8.92. The summed E-state index contributed by atoms with van der Waals surface area (Å²) in [7, 11) is -1.51. The van der Waals surface area contributed by atoms with Crippen molar-refractivity contribution in [3.05, 3.63) is 22.7 Å². The van der Waals surface area contributed by atoms with Crippen LogP contribution in [0, 0.1) is 0 Å². The lowest BCUT2D eigenvalue weighted by Crippen LogP contribution is -2.32. The Bertz CT molecular complexity index is 535. The molecule has 1 rings (SSSR count). The lowest BCUT2D eigenvalue weighted by molar-refractivity contribution is 0.415. The van der Waals surface area contributed by atoms with E-state index in [0.717, 1.165) is 15.9 Å². The van der Waals surface area contributed by atoms with Gasteiger partial charge in [0.1, 0.15) is 5.75 Å². The van der Waals surface area contributed by atoms with E-state index in [0.29, 0.717) is 6.54 Å². The largest absolute Gasteiger partial charge is 0.497 e. The molecule has 0 atom stereocenters. The first-order chi connectivity index (χ1) is 8.67. The van der Waals surface area contributed by atoms with Crippen molar-refractivity contribution in [2.75, 3.05) is 24.7 Å². The van der Waals surface area contributed by atoms with Crippen molar-refractivity contribution < 1.29 is 13.2 Å². The van der Waals surface area contributed by atoms with Gasteiger partial charge in [-0.1, -0.05) is 0 Å². The van der Waals surface area contributed by atoms with Crippen LogP contribution < -0.4 is 10.1 Å². The van der Waals surface area contributed by atoms with E-state index in [4.69, 9.17) is 4.74 Å². The van der Waals surface area contributed by atoms with Gasteiger partial charge in [0, 0.05) is 17.1 Å². The maximum atomic E-state index is 12.0. The van der Waals surface area contributed by atoms with E-state index in [1.54, 1.807) is 27.9 Å². The zero-order valence-electron chi connectivity index (χ0n) is 11.7. The van der Waals surface area contributed by atoms with Crippen molar-refractivity contribution in [2.24, 2.45) is 0 Å². The average molecular weight is 350 g/mol. The van der Waals surface area contributed by atoms with Gasteiger partial charge >= 0.3 is 0 Å². The van der Waals surface area contributed by atoms with E-state index in [9.17, 15) is 8.42 Å². The first kappa shape index (κ1) is 16.3. The second-order valence-electron chi connectivity index (χ2n) is 5.20. The van der Waals surface area contributed by atoms with Crippen LogP contribution in [0.5, 0.6) is 5.75 Å². The third-order valence-corrected chi connectivity index (χ3v) is 6.09. The van der Waals surface area contributed by atoms with E-state index >= 15 is 0 Å². The molecule has 0 aliphatic carbocycles. The van der Waals surface area contributed by atoms with Crippen LogP contribution in [-0.4, -0.2) is 32.6 Å². The van der Waals surface area contributed by atoms with Crippen LogP contribution in [0.1, 0.15) is 20.8 Å². The van der Waals surface area contributed by atoms with Crippen LogP contribution >= 0.6 is 15.9 Å². The fraction of sp³-hybridized carbons (Fsp3) is 0.538. The normalized spacial score (nSPS) is 12.3. The average Bonchev–Trinajstić information content (AvgIpc) is 2.30. The number of methoxy groups -OCH3 is 1. The summed E-state index contributed by atoms with van der Waals surface area (Å²) in [5.41, 5.74) is 0.823. The number of hydrogen-bond donors (Lipinski definition) is 1. The summed E-state index contributed by atoms with van der Waals surface area (Å²) in [5, 5.41) is 3.11. The number of sulfone groups is 1. The van der Waals surface area contributed by atoms with Gasteiger partial charge in [-0.15, -0.1) is 0 Å². The maximum Gasteiger partial charge on any atom is 0.156 e. The number of anilines is 1. The first-order valence-corrected chi connectivity index (χ1v) is 8.41. The van der Waals surface area contributed by atoms with Gasteiger partial charge in [-0.3, -0.25) is 0 Å². The van der Waals surface area contributed by atoms with Gasteiger partial charge in [-0.05, 0) is 48.8 Å². The minimum Gasteiger partial charge on any atom is -0.497 e. The highest BCUT2D eigenvalue weighted by atomic mass is 79.9. The van der Waals surface area contributed by atoms with E-state index in [-0.39, 0.29) is 5.75 Å². The quantitative estimate of drug-likeness (QED) is 0.887. The van der Waals surface area contributed by atoms with Crippen LogP contribution in [0.25, 0.3) is 0 Å². The molecular formula is C13H20BrNO3S. The lowest BCUT2D eigenvalue weighted by atomic mass is 10.3. The summed E-state index contributed by atoms with van der Waals surface area (Å²) in [4.78, 5) is 0. The predicted octanol–water partition coefficient (Wildman–Crippen LogP) is 3.08. The van der Waals surface area contributed by atoms with Gasteiger partial charge in [0.15, 0.2) is 9.84 Å².